The summed E-state index contributed by atoms with van der Waals surface area (Å²) in [4.78, 5) is 1.97. The minimum Gasteiger partial charge on any atom is -0.360 e. The summed E-state index contributed by atoms with van der Waals surface area (Å²) in [5.41, 5.74) is 0.796. The number of piperidine rings is 1. The van der Waals surface area contributed by atoms with Gasteiger partial charge in [-0.05, 0) is 32.9 Å². The van der Waals surface area contributed by atoms with Crippen molar-refractivity contribution in [2.75, 3.05) is 13.1 Å². The molecule has 96 valence electrons. The van der Waals surface area contributed by atoms with Gasteiger partial charge in [-0.3, -0.25) is 4.90 Å². The Bertz CT molecular complexity index is 367. The van der Waals surface area contributed by atoms with Crippen molar-refractivity contribution < 1.29 is 17.7 Å². The topological polar surface area (TPSA) is 29.3 Å². The molecule has 0 unspecified atom stereocenters. The molecule has 2 heterocycles. The van der Waals surface area contributed by atoms with Gasteiger partial charge in [0, 0.05) is 6.07 Å². The fourth-order valence-electron chi connectivity index (χ4n) is 2.13. The summed E-state index contributed by atoms with van der Waals surface area (Å²) in [5, 5.41) is 3.75. The zero-order chi connectivity index (χ0) is 12.5. The van der Waals surface area contributed by atoms with E-state index in [0.717, 1.165) is 5.69 Å². The Hall–Kier alpha value is -1.04. The molecule has 0 amide bonds. The molecule has 0 saturated carbocycles. The fraction of sp³-hybridized carbons (Fsp3) is 0.727. The number of hydrogen-bond acceptors (Lipinski definition) is 3. The molecule has 0 spiro atoms. The standard InChI is InChI=1S/C11H15F3N2O/c1-8-6-10(17-15-8)7-16-4-2-9(3-5-16)11(12,13)14/h6,9H,2-5,7H2,1H3. The molecule has 0 N–H and O–H groups in total. The summed E-state index contributed by atoms with van der Waals surface area (Å²) in [6.45, 7) is 3.29. The van der Waals surface area contributed by atoms with E-state index in [1.165, 1.54) is 0 Å². The van der Waals surface area contributed by atoms with Crippen molar-refractivity contribution in [3.8, 4) is 0 Å². The molecule has 0 bridgehead atoms. The van der Waals surface area contributed by atoms with Crippen molar-refractivity contribution in [2.24, 2.45) is 5.92 Å². The van der Waals surface area contributed by atoms with E-state index >= 15 is 0 Å². The third-order valence-electron chi connectivity index (χ3n) is 3.11. The Morgan fingerprint density at radius 3 is 2.53 bits per heavy atom. The van der Waals surface area contributed by atoms with E-state index in [9.17, 15) is 13.2 Å². The molecule has 2 rings (SSSR count). The van der Waals surface area contributed by atoms with E-state index in [1.807, 2.05) is 17.9 Å². The maximum Gasteiger partial charge on any atom is 0.391 e. The maximum atomic E-state index is 12.5. The molecule has 0 radical (unpaired) electrons. The zero-order valence-corrected chi connectivity index (χ0v) is 9.63. The molecular weight excluding hydrogens is 233 g/mol. The minimum atomic E-state index is -4.05. The van der Waals surface area contributed by atoms with Crippen LogP contribution < -0.4 is 0 Å². The first-order valence-corrected chi connectivity index (χ1v) is 5.66. The van der Waals surface area contributed by atoms with Gasteiger partial charge in [-0.15, -0.1) is 0 Å². The first-order chi connectivity index (χ1) is 7.95. The Morgan fingerprint density at radius 2 is 2.06 bits per heavy atom. The van der Waals surface area contributed by atoms with Crippen molar-refractivity contribution in [3.05, 3.63) is 17.5 Å². The molecular formula is C11H15F3N2O. The summed E-state index contributed by atoms with van der Waals surface area (Å²) in [7, 11) is 0. The van der Waals surface area contributed by atoms with E-state index in [-0.39, 0.29) is 12.8 Å². The number of aryl methyl sites for hydroxylation is 1. The molecule has 17 heavy (non-hydrogen) atoms. The van der Waals surface area contributed by atoms with Gasteiger partial charge in [-0.1, -0.05) is 5.16 Å². The Morgan fingerprint density at radius 1 is 1.41 bits per heavy atom. The lowest BCUT2D eigenvalue weighted by Gasteiger charge is -2.32. The minimum absolute atomic E-state index is 0.177. The third kappa shape index (κ3) is 3.21. The highest BCUT2D eigenvalue weighted by Crippen LogP contribution is 2.34. The van der Waals surface area contributed by atoms with Gasteiger partial charge >= 0.3 is 6.18 Å². The van der Waals surface area contributed by atoms with Gasteiger partial charge in [0.25, 0.3) is 0 Å². The van der Waals surface area contributed by atoms with Crippen LogP contribution in [-0.4, -0.2) is 29.3 Å². The van der Waals surface area contributed by atoms with E-state index < -0.39 is 12.1 Å². The van der Waals surface area contributed by atoms with E-state index in [4.69, 9.17) is 4.52 Å². The van der Waals surface area contributed by atoms with Crippen molar-refractivity contribution >= 4 is 0 Å². The molecule has 0 atom stereocenters. The first-order valence-electron chi connectivity index (χ1n) is 5.66. The van der Waals surface area contributed by atoms with Crippen molar-refractivity contribution in [1.82, 2.24) is 10.1 Å². The summed E-state index contributed by atoms with van der Waals surface area (Å²) in [5.74, 6) is -0.428. The molecule has 1 fully saturated rings. The number of alkyl halides is 3. The summed E-state index contributed by atoms with van der Waals surface area (Å²) in [6, 6.07) is 1.82. The van der Waals surface area contributed by atoms with Gasteiger partial charge in [0.05, 0.1) is 18.2 Å². The predicted octanol–water partition coefficient (Wildman–Crippen LogP) is 2.76. The molecule has 1 saturated heterocycles. The van der Waals surface area contributed by atoms with Crippen LogP contribution in [0.1, 0.15) is 24.3 Å². The molecule has 1 aliphatic heterocycles. The van der Waals surface area contributed by atoms with Crippen LogP contribution in [0.15, 0.2) is 10.6 Å². The Kier molecular flexibility index (Phi) is 3.42. The largest absolute Gasteiger partial charge is 0.391 e. The van der Waals surface area contributed by atoms with Crippen LogP contribution >= 0.6 is 0 Å². The summed E-state index contributed by atoms with van der Waals surface area (Å²) >= 11 is 0. The van der Waals surface area contributed by atoms with Gasteiger partial charge in [0.2, 0.25) is 0 Å². The number of hydrogen-bond donors (Lipinski definition) is 0. The molecule has 0 aliphatic carbocycles. The van der Waals surface area contributed by atoms with Gasteiger partial charge < -0.3 is 4.52 Å². The second-order valence-corrected chi connectivity index (χ2v) is 4.53. The molecule has 1 aromatic rings. The summed E-state index contributed by atoms with van der Waals surface area (Å²) < 4.78 is 42.4. The van der Waals surface area contributed by atoms with E-state index in [1.54, 1.807) is 0 Å². The quantitative estimate of drug-likeness (QED) is 0.806. The smallest absolute Gasteiger partial charge is 0.360 e. The van der Waals surface area contributed by atoms with Crippen LogP contribution in [0.4, 0.5) is 13.2 Å². The highest BCUT2D eigenvalue weighted by atomic mass is 19.4. The lowest BCUT2D eigenvalue weighted by Crippen LogP contribution is -2.38. The van der Waals surface area contributed by atoms with Gasteiger partial charge in [0.15, 0.2) is 5.76 Å². The third-order valence-corrected chi connectivity index (χ3v) is 3.11. The number of halogens is 3. The van der Waals surface area contributed by atoms with Crippen LogP contribution in [0.2, 0.25) is 0 Å². The number of rotatable bonds is 2. The monoisotopic (exact) mass is 248 g/mol. The SMILES string of the molecule is Cc1cc(CN2CCC(C(F)(F)F)CC2)on1. The number of likely N-dealkylation sites (tertiary alicyclic amines) is 1. The average molecular weight is 248 g/mol. The number of aromatic nitrogens is 1. The molecule has 1 aliphatic rings. The van der Waals surface area contributed by atoms with Gasteiger partial charge in [0.1, 0.15) is 0 Å². The second kappa shape index (κ2) is 4.68. The van der Waals surface area contributed by atoms with E-state index in [0.29, 0.717) is 25.4 Å². The van der Waals surface area contributed by atoms with Crippen molar-refractivity contribution in [2.45, 2.75) is 32.5 Å². The Balaban J connectivity index is 1.83. The molecule has 6 heteroatoms. The molecule has 3 nitrogen and oxygen atoms in total. The highest BCUT2D eigenvalue weighted by Gasteiger charge is 2.41. The average Bonchev–Trinajstić information content (AvgIpc) is 2.63. The Labute approximate surface area is 97.6 Å². The van der Waals surface area contributed by atoms with Crippen LogP contribution in [0.5, 0.6) is 0 Å². The lowest BCUT2D eigenvalue weighted by atomic mass is 9.96. The second-order valence-electron chi connectivity index (χ2n) is 4.53. The van der Waals surface area contributed by atoms with E-state index in [2.05, 4.69) is 5.16 Å². The molecule has 0 aromatic carbocycles. The van der Waals surface area contributed by atoms with Crippen LogP contribution in [-0.2, 0) is 6.54 Å². The highest BCUT2D eigenvalue weighted by molar-refractivity contribution is 5.03. The fourth-order valence-corrected chi connectivity index (χ4v) is 2.13. The van der Waals surface area contributed by atoms with Crippen LogP contribution in [0, 0.1) is 12.8 Å². The number of nitrogens with zero attached hydrogens (tertiary/aromatic N) is 2. The maximum absolute atomic E-state index is 12.5. The summed E-state index contributed by atoms with van der Waals surface area (Å²) in [6.07, 6.45) is -3.69. The molecule has 1 aromatic heterocycles. The first kappa shape index (κ1) is 12.4. The van der Waals surface area contributed by atoms with Gasteiger partial charge in [-0.25, -0.2) is 0 Å². The van der Waals surface area contributed by atoms with Crippen LogP contribution in [0.25, 0.3) is 0 Å². The lowest BCUT2D eigenvalue weighted by molar-refractivity contribution is -0.185. The van der Waals surface area contributed by atoms with Crippen LogP contribution in [0.3, 0.4) is 0 Å². The van der Waals surface area contributed by atoms with Crippen molar-refractivity contribution in [3.63, 3.8) is 0 Å². The zero-order valence-electron chi connectivity index (χ0n) is 9.63. The van der Waals surface area contributed by atoms with Gasteiger partial charge in [-0.2, -0.15) is 13.2 Å². The predicted molar refractivity (Wildman–Crippen MR) is 55.3 cm³/mol. The normalized spacial score (nSPS) is 19.8. The van der Waals surface area contributed by atoms with Crippen molar-refractivity contribution in [1.29, 1.82) is 0 Å².